The summed E-state index contributed by atoms with van der Waals surface area (Å²) in [4.78, 5) is 56.7. The Morgan fingerprint density at radius 2 is 1.60 bits per heavy atom. The molecule has 9 heteroatoms. The van der Waals surface area contributed by atoms with Gasteiger partial charge in [-0.3, -0.25) is 14.4 Å². The summed E-state index contributed by atoms with van der Waals surface area (Å²) >= 11 is 0. The molecular formula is C26H25N3O6. The van der Waals surface area contributed by atoms with Crippen LogP contribution in [0.15, 0.2) is 53.1 Å². The summed E-state index contributed by atoms with van der Waals surface area (Å²) in [6.45, 7) is 5.61. The van der Waals surface area contributed by atoms with Gasteiger partial charge in [0.05, 0.1) is 11.6 Å². The van der Waals surface area contributed by atoms with Gasteiger partial charge in [0.1, 0.15) is 5.92 Å². The van der Waals surface area contributed by atoms with Crippen molar-refractivity contribution < 1.29 is 28.8 Å². The second kappa shape index (κ2) is 9.61. The predicted molar refractivity (Wildman–Crippen MR) is 126 cm³/mol. The summed E-state index contributed by atoms with van der Waals surface area (Å²) in [7, 11) is 0. The number of hydrogen-bond donors (Lipinski definition) is 1. The molecule has 1 N–H and O–H groups in total. The van der Waals surface area contributed by atoms with E-state index in [-0.39, 0.29) is 17.0 Å². The third kappa shape index (κ3) is 4.37. The lowest BCUT2D eigenvalue weighted by molar-refractivity contribution is -0.135. The van der Waals surface area contributed by atoms with Crippen molar-refractivity contribution in [1.82, 2.24) is 10.1 Å². The van der Waals surface area contributed by atoms with Gasteiger partial charge in [0.15, 0.2) is 5.78 Å². The van der Waals surface area contributed by atoms with Gasteiger partial charge in [0, 0.05) is 23.7 Å². The second-order valence-corrected chi connectivity index (χ2v) is 8.51. The molecule has 35 heavy (non-hydrogen) atoms. The van der Waals surface area contributed by atoms with Gasteiger partial charge in [-0.25, -0.2) is 4.79 Å². The quantitative estimate of drug-likeness (QED) is 0.294. The van der Waals surface area contributed by atoms with Crippen molar-refractivity contribution in [3.63, 3.8) is 0 Å². The zero-order valence-electron chi connectivity index (χ0n) is 19.6. The zero-order valence-corrected chi connectivity index (χ0v) is 19.6. The lowest BCUT2D eigenvalue weighted by Gasteiger charge is -2.32. The van der Waals surface area contributed by atoms with Gasteiger partial charge < -0.3 is 14.5 Å². The normalized spacial score (nSPS) is 17.9. The minimum Gasteiger partial charge on any atom is -0.478 e. The number of aryl methyl sites for hydroxylation is 1. The largest absolute Gasteiger partial charge is 0.478 e. The van der Waals surface area contributed by atoms with Crippen molar-refractivity contribution in [2.75, 3.05) is 4.90 Å². The van der Waals surface area contributed by atoms with Crippen molar-refractivity contribution >= 4 is 29.1 Å². The molecule has 4 rings (SSSR count). The SMILES string of the molecule is CCC(CC)C1C(C(=O)c2ccc(C(=O)O)cc2)C(=O)C(=O)N1c1ccc(-c2noc(C)n2)cc1. The van der Waals surface area contributed by atoms with Crippen LogP contribution in [0.3, 0.4) is 0 Å². The number of Topliss-reactive ketones (excluding diaryl/α,β-unsaturated/α-hetero) is 2. The number of ketones is 2. The molecule has 180 valence electrons. The van der Waals surface area contributed by atoms with Gasteiger partial charge in [-0.15, -0.1) is 0 Å². The van der Waals surface area contributed by atoms with Crippen molar-refractivity contribution in [3.05, 3.63) is 65.5 Å². The fourth-order valence-electron chi connectivity index (χ4n) is 4.65. The van der Waals surface area contributed by atoms with Crippen LogP contribution >= 0.6 is 0 Å². The van der Waals surface area contributed by atoms with Gasteiger partial charge in [0.25, 0.3) is 5.91 Å². The highest BCUT2D eigenvalue weighted by Gasteiger charge is 2.53. The van der Waals surface area contributed by atoms with Crippen LogP contribution in [-0.4, -0.2) is 44.7 Å². The molecule has 2 aromatic carbocycles. The Bertz CT molecular complexity index is 1280. The minimum atomic E-state index is -1.18. The number of aromatic carboxylic acids is 1. The molecule has 9 nitrogen and oxygen atoms in total. The number of amides is 1. The Balaban J connectivity index is 1.72. The Hall–Kier alpha value is -4.14. The molecule has 2 unspecified atom stereocenters. The van der Waals surface area contributed by atoms with Crippen LogP contribution in [0.5, 0.6) is 0 Å². The number of aromatic nitrogens is 2. The number of carboxylic acids is 1. The maximum Gasteiger partial charge on any atom is 0.335 e. The molecule has 0 bridgehead atoms. The van der Waals surface area contributed by atoms with E-state index in [4.69, 9.17) is 9.63 Å². The number of carbonyl (C=O) groups is 4. The Morgan fingerprint density at radius 3 is 2.11 bits per heavy atom. The number of carboxylic acid groups (broad SMARTS) is 1. The number of hydrogen-bond acceptors (Lipinski definition) is 7. The average Bonchev–Trinajstić information content (AvgIpc) is 3.41. The molecule has 1 saturated heterocycles. The van der Waals surface area contributed by atoms with E-state index in [0.717, 1.165) is 0 Å². The molecule has 0 spiro atoms. The molecule has 2 heterocycles. The van der Waals surface area contributed by atoms with Crippen LogP contribution in [0.4, 0.5) is 5.69 Å². The molecule has 1 aromatic heterocycles. The number of rotatable bonds is 8. The van der Waals surface area contributed by atoms with Crippen LogP contribution in [0.1, 0.15) is 53.3 Å². The number of anilines is 1. The van der Waals surface area contributed by atoms with E-state index >= 15 is 0 Å². The van der Waals surface area contributed by atoms with E-state index in [9.17, 15) is 19.2 Å². The third-order valence-electron chi connectivity index (χ3n) is 6.51. The van der Waals surface area contributed by atoms with Crippen LogP contribution in [0.25, 0.3) is 11.4 Å². The Morgan fingerprint density at radius 1 is 1.00 bits per heavy atom. The first-order valence-corrected chi connectivity index (χ1v) is 11.4. The average molecular weight is 476 g/mol. The van der Waals surface area contributed by atoms with E-state index in [1.807, 2.05) is 13.8 Å². The summed E-state index contributed by atoms with van der Waals surface area (Å²) in [5.41, 5.74) is 1.42. The molecule has 1 aliphatic rings. The van der Waals surface area contributed by atoms with Gasteiger partial charge in [-0.2, -0.15) is 4.98 Å². The Kier molecular flexibility index (Phi) is 6.59. The van der Waals surface area contributed by atoms with E-state index < -0.39 is 35.4 Å². The van der Waals surface area contributed by atoms with E-state index in [1.165, 1.54) is 29.2 Å². The smallest absolute Gasteiger partial charge is 0.335 e. The number of nitrogens with zero attached hydrogens (tertiary/aromatic N) is 3. The first-order chi connectivity index (χ1) is 16.8. The maximum atomic E-state index is 13.5. The molecule has 0 saturated carbocycles. The second-order valence-electron chi connectivity index (χ2n) is 8.51. The van der Waals surface area contributed by atoms with E-state index in [0.29, 0.717) is 35.8 Å². The highest BCUT2D eigenvalue weighted by molar-refractivity contribution is 6.49. The van der Waals surface area contributed by atoms with Crippen molar-refractivity contribution in [2.45, 2.75) is 39.7 Å². The summed E-state index contributed by atoms with van der Waals surface area (Å²) in [5, 5.41) is 13.0. The summed E-state index contributed by atoms with van der Waals surface area (Å²) in [5.74, 6) is -3.53. The third-order valence-corrected chi connectivity index (χ3v) is 6.51. The molecule has 1 fully saturated rings. The van der Waals surface area contributed by atoms with E-state index in [2.05, 4.69) is 10.1 Å². The summed E-state index contributed by atoms with van der Waals surface area (Å²) < 4.78 is 5.02. The minimum absolute atomic E-state index is 0.0328. The molecule has 1 amide bonds. The first kappa shape index (κ1) is 24.0. The highest BCUT2D eigenvalue weighted by atomic mass is 16.5. The van der Waals surface area contributed by atoms with E-state index in [1.54, 1.807) is 31.2 Å². The number of benzene rings is 2. The molecule has 0 radical (unpaired) electrons. The van der Waals surface area contributed by atoms with Crippen molar-refractivity contribution in [3.8, 4) is 11.4 Å². The van der Waals surface area contributed by atoms with Crippen LogP contribution in [-0.2, 0) is 9.59 Å². The van der Waals surface area contributed by atoms with Crippen molar-refractivity contribution in [2.24, 2.45) is 11.8 Å². The molecule has 3 aromatic rings. The predicted octanol–water partition coefficient (Wildman–Crippen LogP) is 3.96. The van der Waals surface area contributed by atoms with Gasteiger partial charge in [-0.05, 0) is 42.3 Å². The molecule has 1 aliphatic heterocycles. The fraction of sp³-hybridized carbons (Fsp3) is 0.308. The topological polar surface area (TPSA) is 131 Å². The highest BCUT2D eigenvalue weighted by Crippen LogP contribution is 2.38. The van der Waals surface area contributed by atoms with Crippen molar-refractivity contribution in [1.29, 1.82) is 0 Å². The summed E-state index contributed by atoms with van der Waals surface area (Å²) in [6, 6.07) is 11.6. The standard InChI is InChI=1S/C26H25N3O6/c1-4-15(5-2)21-20(22(30)16-6-8-18(9-7-16)26(33)34)23(31)25(32)29(21)19-12-10-17(11-13-19)24-27-14(3)35-28-24/h6-13,15,20-21H,4-5H2,1-3H3,(H,33,34). The zero-order chi connectivity index (χ0) is 25.3. The number of carbonyl (C=O) groups excluding carboxylic acids is 3. The fourth-order valence-corrected chi connectivity index (χ4v) is 4.65. The lowest BCUT2D eigenvalue weighted by atomic mass is 9.80. The molecular weight excluding hydrogens is 450 g/mol. The molecule has 0 aliphatic carbocycles. The Labute approximate surface area is 201 Å². The van der Waals surface area contributed by atoms with Crippen LogP contribution in [0.2, 0.25) is 0 Å². The molecule has 2 atom stereocenters. The maximum absolute atomic E-state index is 13.5. The van der Waals surface area contributed by atoms with Gasteiger partial charge >= 0.3 is 5.97 Å². The lowest BCUT2D eigenvalue weighted by Crippen LogP contribution is -2.43. The van der Waals surface area contributed by atoms with Crippen LogP contribution < -0.4 is 4.90 Å². The van der Waals surface area contributed by atoms with Crippen LogP contribution in [0, 0.1) is 18.8 Å². The first-order valence-electron chi connectivity index (χ1n) is 11.4. The van der Waals surface area contributed by atoms with Gasteiger partial charge in [0.2, 0.25) is 17.5 Å². The monoisotopic (exact) mass is 475 g/mol. The summed E-state index contributed by atoms with van der Waals surface area (Å²) in [6.07, 6.45) is 1.33. The van der Waals surface area contributed by atoms with Gasteiger partial charge in [-0.1, -0.05) is 44.0 Å².